The zero-order valence-corrected chi connectivity index (χ0v) is 12.8. The number of halogens is 7. The molecule has 0 spiro atoms. The average molecular weight is 384 g/mol. The summed E-state index contributed by atoms with van der Waals surface area (Å²) >= 11 is 5.59. The lowest BCUT2D eigenvalue weighted by molar-refractivity contribution is -0.274. The van der Waals surface area contributed by atoms with E-state index < -0.39 is 35.4 Å². The van der Waals surface area contributed by atoms with Crippen molar-refractivity contribution in [3.8, 4) is 5.75 Å². The van der Waals surface area contributed by atoms with Gasteiger partial charge in [0.2, 0.25) is 0 Å². The molecule has 0 atom stereocenters. The number of benzene rings is 2. The maximum absolute atomic E-state index is 12.7. The highest BCUT2D eigenvalue weighted by Crippen LogP contribution is 2.34. The van der Waals surface area contributed by atoms with Gasteiger partial charge in [-0.3, -0.25) is 4.79 Å². The largest absolute Gasteiger partial charge is 0.573 e. The minimum atomic E-state index is -5.04. The lowest BCUT2D eigenvalue weighted by Gasteiger charge is -2.15. The van der Waals surface area contributed by atoms with Gasteiger partial charge in [-0.2, -0.15) is 13.2 Å². The predicted molar refractivity (Wildman–Crippen MR) is 77.5 cm³/mol. The van der Waals surface area contributed by atoms with Gasteiger partial charge >= 0.3 is 12.5 Å². The molecule has 0 fully saturated rings. The van der Waals surface area contributed by atoms with Crippen LogP contribution in [0.3, 0.4) is 0 Å². The van der Waals surface area contributed by atoms with Crippen molar-refractivity contribution in [2.24, 2.45) is 0 Å². The van der Waals surface area contributed by atoms with Crippen LogP contribution in [0.25, 0.3) is 0 Å². The summed E-state index contributed by atoms with van der Waals surface area (Å²) in [5.74, 6) is -1.83. The summed E-state index contributed by atoms with van der Waals surface area (Å²) in [6.45, 7) is 0. The van der Waals surface area contributed by atoms with E-state index in [2.05, 4.69) is 10.1 Å². The Hall–Kier alpha value is -2.42. The molecule has 2 aromatic carbocycles. The quantitative estimate of drug-likeness (QED) is 0.710. The Labute approximate surface area is 142 Å². The fraction of sp³-hybridized carbons (Fsp3) is 0.133. The van der Waals surface area contributed by atoms with Gasteiger partial charge in [0.25, 0.3) is 5.91 Å². The first-order chi connectivity index (χ1) is 11.5. The van der Waals surface area contributed by atoms with Crippen LogP contribution in [0.1, 0.15) is 15.9 Å². The van der Waals surface area contributed by atoms with Crippen LogP contribution in [0, 0.1) is 0 Å². The Morgan fingerprint density at radius 1 is 1.00 bits per heavy atom. The van der Waals surface area contributed by atoms with E-state index in [0.29, 0.717) is 6.07 Å². The Morgan fingerprint density at radius 3 is 2.28 bits per heavy atom. The van der Waals surface area contributed by atoms with Crippen LogP contribution in [0.2, 0.25) is 5.02 Å². The van der Waals surface area contributed by atoms with Crippen molar-refractivity contribution in [1.29, 1.82) is 0 Å². The first kappa shape index (κ1) is 18.9. The third-order valence-corrected chi connectivity index (χ3v) is 3.10. The van der Waals surface area contributed by atoms with Crippen molar-refractivity contribution in [2.75, 3.05) is 5.32 Å². The van der Waals surface area contributed by atoms with E-state index in [9.17, 15) is 31.1 Å². The molecular formula is C15H8ClF6NO2. The van der Waals surface area contributed by atoms with Gasteiger partial charge < -0.3 is 10.1 Å². The van der Waals surface area contributed by atoms with Gasteiger partial charge in [-0.05, 0) is 30.3 Å². The third kappa shape index (κ3) is 5.28. The van der Waals surface area contributed by atoms with Crippen LogP contribution < -0.4 is 10.1 Å². The van der Waals surface area contributed by atoms with Gasteiger partial charge in [0.15, 0.2) is 5.75 Å². The lowest BCUT2D eigenvalue weighted by atomic mass is 10.1. The molecule has 0 aromatic heterocycles. The first-order valence-electron chi connectivity index (χ1n) is 6.49. The number of amides is 1. The molecule has 0 bridgehead atoms. The number of anilines is 1. The van der Waals surface area contributed by atoms with Gasteiger partial charge in [0.1, 0.15) is 0 Å². The molecule has 25 heavy (non-hydrogen) atoms. The molecule has 0 radical (unpaired) electrons. The second-order valence-electron chi connectivity index (χ2n) is 4.72. The van der Waals surface area contributed by atoms with Crippen LogP contribution >= 0.6 is 11.6 Å². The molecule has 0 saturated heterocycles. The van der Waals surface area contributed by atoms with E-state index in [1.54, 1.807) is 0 Å². The second-order valence-corrected chi connectivity index (χ2v) is 5.16. The number of rotatable bonds is 3. The summed E-state index contributed by atoms with van der Waals surface area (Å²) in [6, 6.07) is 6.47. The predicted octanol–water partition coefficient (Wildman–Crippen LogP) is 5.51. The van der Waals surface area contributed by atoms with Crippen LogP contribution in [0.15, 0.2) is 42.5 Å². The molecule has 1 N–H and O–H groups in total. The number of carbonyl (C=O) groups is 1. The zero-order chi connectivity index (χ0) is 18.8. The minimum absolute atomic E-state index is 0.0867. The van der Waals surface area contributed by atoms with Crippen LogP contribution in [0.4, 0.5) is 32.0 Å². The molecule has 134 valence electrons. The second kappa shape index (κ2) is 6.83. The molecule has 0 heterocycles. The molecule has 2 rings (SSSR count). The number of carbonyl (C=O) groups excluding carboxylic acids is 1. The summed E-state index contributed by atoms with van der Waals surface area (Å²) in [7, 11) is 0. The maximum atomic E-state index is 12.7. The summed E-state index contributed by atoms with van der Waals surface area (Å²) < 4.78 is 78.9. The number of hydrogen-bond acceptors (Lipinski definition) is 2. The van der Waals surface area contributed by atoms with Crippen molar-refractivity contribution < 1.29 is 35.9 Å². The molecule has 0 saturated carbocycles. The highest BCUT2D eigenvalue weighted by Gasteiger charge is 2.33. The SMILES string of the molecule is O=C(Nc1ccc(Cl)cc1OC(F)(F)F)c1cccc(C(F)(F)F)c1. The molecule has 1 amide bonds. The Bertz CT molecular complexity index is 788. The summed E-state index contributed by atoms with van der Waals surface area (Å²) in [5.41, 5.74) is -1.85. The Morgan fingerprint density at radius 2 is 1.68 bits per heavy atom. The molecule has 0 aliphatic rings. The van der Waals surface area contributed by atoms with Crippen molar-refractivity contribution >= 4 is 23.2 Å². The summed E-state index contributed by atoms with van der Waals surface area (Å²) in [6.07, 6.45) is -9.71. The molecule has 3 nitrogen and oxygen atoms in total. The lowest BCUT2D eigenvalue weighted by Crippen LogP contribution is -2.20. The van der Waals surface area contributed by atoms with Crippen LogP contribution in [0.5, 0.6) is 5.75 Å². The smallest absolute Gasteiger partial charge is 0.404 e. The summed E-state index contributed by atoms with van der Waals surface area (Å²) in [5, 5.41) is 1.98. The minimum Gasteiger partial charge on any atom is -0.404 e. The topological polar surface area (TPSA) is 38.3 Å². The van der Waals surface area contributed by atoms with Crippen molar-refractivity contribution in [3.05, 3.63) is 58.6 Å². The third-order valence-electron chi connectivity index (χ3n) is 2.87. The molecule has 2 aromatic rings. The summed E-state index contributed by atoms with van der Waals surface area (Å²) in [4.78, 5) is 12.0. The fourth-order valence-corrected chi connectivity index (χ4v) is 2.00. The van der Waals surface area contributed by atoms with E-state index in [0.717, 1.165) is 30.3 Å². The van der Waals surface area contributed by atoms with Crippen molar-refractivity contribution in [3.63, 3.8) is 0 Å². The number of ether oxygens (including phenoxy) is 1. The molecule has 10 heteroatoms. The van der Waals surface area contributed by atoms with E-state index in [1.807, 2.05) is 0 Å². The van der Waals surface area contributed by atoms with E-state index in [1.165, 1.54) is 6.07 Å². The zero-order valence-electron chi connectivity index (χ0n) is 12.0. The molecule has 0 unspecified atom stereocenters. The highest BCUT2D eigenvalue weighted by molar-refractivity contribution is 6.30. The van der Waals surface area contributed by atoms with Gasteiger partial charge in [-0.1, -0.05) is 17.7 Å². The van der Waals surface area contributed by atoms with Gasteiger partial charge in [0, 0.05) is 16.7 Å². The molecule has 0 aliphatic carbocycles. The Balaban J connectivity index is 2.29. The molecule has 0 aliphatic heterocycles. The van der Waals surface area contributed by atoms with Gasteiger partial charge in [-0.15, -0.1) is 13.2 Å². The van der Waals surface area contributed by atoms with Gasteiger partial charge in [0.05, 0.1) is 11.3 Å². The monoisotopic (exact) mass is 383 g/mol. The standard InChI is InChI=1S/C15H8ClF6NO2/c16-10-4-5-11(12(7-10)25-15(20,21)22)23-13(24)8-2-1-3-9(6-8)14(17,18)19/h1-7H,(H,23,24). The number of hydrogen-bond donors (Lipinski definition) is 1. The normalized spacial score (nSPS) is 12.0. The van der Waals surface area contributed by atoms with Crippen LogP contribution in [-0.4, -0.2) is 12.3 Å². The van der Waals surface area contributed by atoms with E-state index in [-0.39, 0.29) is 10.6 Å². The van der Waals surface area contributed by atoms with E-state index >= 15 is 0 Å². The maximum Gasteiger partial charge on any atom is 0.573 e. The average Bonchev–Trinajstić information content (AvgIpc) is 2.47. The van der Waals surface area contributed by atoms with Crippen LogP contribution in [-0.2, 0) is 6.18 Å². The highest BCUT2D eigenvalue weighted by atomic mass is 35.5. The fourth-order valence-electron chi connectivity index (χ4n) is 1.84. The first-order valence-corrected chi connectivity index (χ1v) is 6.87. The molecular weight excluding hydrogens is 376 g/mol. The van der Waals surface area contributed by atoms with E-state index in [4.69, 9.17) is 11.6 Å². The number of nitrogens with one attached hydrogen (secondary N) is 1. The Kier molecular flexibility index (Phi) is 5.17. The van der Waals surface area contributed by atoms with Crippen molar-refractivity contribution in [1.82, 2.24) is 0 Å². The number of alkyl halides is 6. The van der Waals surface area contributed by atoms with Crippen molar-refractivity contribution in [2.45, 2.75) is 12.5 Å². The van der Waals surface area contributed by atoms with Gasteiger partial charge in [-0.25, -0.2) is 0 Å².